The van der Waals surface area contributed by atoms with Crippen molar-refractivity contribution in [3.8, 4) is 0 Å². The molecule has 0 aromatic carbocycles. The molecule has 4 rings (SSSR count). The SMILES string of the molecule is O=C(CN1CCN(C(=O)C2(c3cccs3)CCCC2)CC1)c1ccco1. The number of furan rings is 1. The molecule has 0 spiro atoms. The number of hydrogen-bond donors (Lipinski definition) is 0. The first-order valence-corrected chi connectivity index (χ1v) is 10.2. The molecule has 1 amide bonds. The Morgan fingerprint density at radius 3 is 2.46 bits per heavy atom. The third-order valence-corrected chi connectivity index (χ3v) is 6.76. The van der Waals surface area contributed by atoms with Gasteiger partial charge in [0.05, 0.1) is 18.2 Å². The fraction of sp³-hybridized carbons (Fsp3) is 0.500. The first-order chi connectivity index (χ1) is 12.7. The van der Waals surface area contributed by atoms with Gasteiger partial charge in [0.2, 0.25) is 11.7 Å². The lowest BCUT2D eigenvalue weighted by Crippen LogP contribution is -2.54. The molecule has 0 N–H and O–H groups in total. The van der Waals surface area contributed by atoms with Crippen LogP contribution < -0.4 is 0 Å². The average molecular weight is 372 g/mol. The van der Waals surface area contributed by atoms with E-state index in [1.165, 1.54) is 11.1 Å². The maximum atomic E-state index is 13.4. The normalized spacial score (nSPS) is 20.4. The average Bonchev–Trinajstić information content (AvgIpc) is 3.44. The van der Waals surface area contributed by atoms with Crippen LogP contribution in [0.4, 0.5) is 0 Å². The van der Waals surface area contributed by atoms with Gasteiger partial charge < -0.3 is 9.32 Å². The van der Waals surface area contributed by atoms with Crippen molar-refractivity contribution in [3.63, 3.8) is 0 Å². The summed E-state index contributed by atoms with van der Waals surface area (Å²) in [6.45, 7) is 3.21. The first-order valence-electron chi connectivity index (χ1n) is 9.31. The lowest BCUT2D eigenvalue weighted by atomic mass is 9.82. The summed E-state index contributed by atoms with van der Waals surface area (Å²) in [6, 6.07) is 7.60. The highest BCUT2D eigenvalue weighted by Gasteiger charge is 2.46. The predicted molar refractivity (Wildman–Crippen MR) is 101 cm³/mol. The van der Waals surface area contributed by atoms with Gasteiger partial charge >= 0.3 is 0 Å². The van der Waals surface area contributed by atoms with Crippen LogP contribution in [-0.4, -0.2) is 54.2 Å². The van der Waals surface area contributed by atoms with Gasteiger partial charge in [0.15, 0.2) is 5.76 Å². The Hall–Kier alpha value is -1.92. The molecule has 5 nitrogen and oxygen atoms in total. The third kappa shape index (κ3) is 3.23. The van der Waals surface area contributed by atoms with E-state index in [1.807, 2.05) is 11.0 Å². The van der Waals surface area contributed by atoms with Gasteiger partial charge in [0, 0.05) is 31.1 Å². The molecule has 0 bridgehead atoms. The van der Waals surface area contributed by atoms with Crippen molar-refractivity contribution in [2.24, 2.45) is 0 Å². The first kappa shape index (κ1) is 17.5. The molecule has 1 aliphatic heterocycles. The van der Waals surface area contributed by atoms with Crippen molar-refractivity contribution >= 4 is 23.0 Å². The van der Waals surface area contributed by atoms with Crippen molar-refractivity contribution in [1.82, 2.24) is 9.80 Å². The van der Waals surface area contributed by atoms with Gasteiger partial charge in [-0.1, -0.05) is 18.9 Å². The van der Waals surface area contributed by atoms with Gasteiger partial charge in [-0.05, 0) is 36.4 Å². The van der Waals surface area contributed by atoms with Gasteiger partial charge in [-0.3, -0.25) is 14.5 Å². The van der Waals surface area contributed by atoms with E-state index < -0.39 is 0 Å². The Morgan fingerprint density at radius 1 is 1.08 bits per heavy atom. The fourth-order valence-corrected chi connectivity index (χ4v) is 5.20. The van der Waals surface area contributed by atoms with E-state index >= 15 is 0 Å². The molecule has 6 heteroatoms. The van der Waals surface area contributed by atoms with Crippen molar-refractivity contribution in [3.05, 3.63) is 46.5 Å². The van der Waals surface area contributed by atoms with Gasteiger partial charge in [-0.25, -0.2) is 0 Å². The zero-order valence-corrected chi connectivity index (χ0v) is 15.7. The number of rotatable bonds is 5. The third-order valence-electron chi connectivity index (χ3n) is 5.68. The Morgan fingerprint density at radius 2 is 1.85 bits per heavy atom. The molecule has 2 aromatic rings. The molecule has 3 heterocycles. The summed E-state index contributed by atoms with van der Waals surface area (Å²) in [7, 11) is 0. The summed E-state index contributed by atoms with van der Waals surface area (Å²) in [5.41, 5.74) is -0.305. The largest absolute Gasteiger partial charge is 0.461 e. The Kier molecular flexibility index (Phi) is 4.96. The molecule has 0 unspecified atom stereocenters. The number of piperazine rings is 1. The van der Waals surface area contributed by atoms with E-state index in [0.29, 0.717) is 25.4 Å². The number of ketones is 1. The lowest BCUT2D eigenvalue weighted by molar-refractivity contribution is -0.139. The fourth-order valence-electron chi connectivity index (χ4n) is 4.23. The molecule has 26 heavy (non-hydrogen) atoms. The molecule has 2 fully saturated rings. The lowest BCUT2D eigenvalue weighted by Gasteiger charge is -2.39. The quantitative estimate of drug-likeness (QED) is 0.757. The van der Waals surface area contributed by atoms with Crippen LogP contribution in [0.3, 0.4) is 0 Å². The highest BCUT2D eigenvalue weighted by atomic mass is 32.1. The summed E-state index contributed by atoms with van der Waals surface area (Å²) in [5, 5.41) is 2.07. The van der Waals surface area contributed by atoms with Gasteiger partial charge in [0.1, 0.15) is 0 Å². The Labute approximate surface area is 157 Å². The second kappa shape index (κ2) is 7.37. The molecular formula is C20H24N2O3S. The number of thiophene rings is 1. The van der Waals surface area contributed by atoms with Crippen LogP contribution in [0, 0.1) is 0 Å². The summed E-state index contributed by atoms with van der Waals surface area (Å²) < 4.78 is 5.18. The van der Waals surface area contributed by atoms with Crippen LogP contribution in [0.2, 0.25) is 0 Å². The standard InChI is InChI=1S/C20H24N2O3S/c23-16(17-5-3-13-25-17)15-21-9-11-22(12-10-21)19(24)20(7-1-2-8-20)18-6-4-14-26-18/h3-6,13-14H,1-2,7-12,15H2. The van der Waals surface area contributed by atoms with Gasteiger partial charge in [-0.2, -0.15) is 0 Å². The molecule has 1 aliphatic carbocycles. The minimum absolute atomic E-state index is 0.000579. The predicted octanol–water partition coefficient (Wildman–Crippen LogP) is 3.18. The molecule has 138 valence electrons. The smallest absolute Gasteiger partial charge is 0.234 e. The van der Waals surface area contributed by atoms with Crippen molar-refractivity contribution < 1.29 is 14.0 Å². The van der Waals surface area contributed by atoms with Crippen LogP contribution in [0.1, 0.15) is 41.1 Å². The topological polar surface area (TPSA) is 53.8 Å². The van der Waals surface area contributed by atoms with Crippen LogP contribution >= 0.6 is 11.3 Å². The van der Waals surface area contributed by atoms with Crippen LogP contribution in [-0.2, 0) is 10.2 Å². The summed E-state index contributed by atoms with van der Waals surface area (Å²) in [5.74, 6) is 0.696. The molecule has 1 saturated heterocycles. The van der Waals surface area contributed by atoms with Crippen molar-refractivity contribution in [2.75, 3.05) is 32.7 Å². The number of Topliss-reactive ketones (excluding diaryl/α,β-unsaturated/α-hetero) is 1. The second-order valence-corrected chi connectivity index (χ2v) is 8.18. The van der Waals surface area contributed by atoms with Crippen molar-refractivity contribution in [1.29, 1.82) is 0 Å². The minimum atomic E-state index is -0.305. The maximum absolute atomic E-state index is 13.4. The summed E-state index contributed by atoms with van der Waals surface area (Å²) >= 11 is 1.71. The van der Waals surface area contributed by atoms with Gasteiger partial charge in [-0.15, -0.1) is 11.3 Å². The highest BCUT2D eigenvalue weighted by molar-refractivity contribution is 7.10. The van der Waals surface area contributed by atoms with Crippen LogP contribution in [0.15, 0.2) is 40.3 Å². The van der Waals surface area contributed by atoms with Crippen LogP contribution in [0.5, 0.6) is 0 Å². The summed E-state index contributed by atoms with van der Waals surface area (Å²) in [4.78, 5) is 30.9. The maximum Gasteiger partial charge on any atom is 0.234 e. The molecule has 2 aromatic heterocycles. The minimum Gasteiger partial charge on any atom is -0.461 e. The second-order valence-electron chi connectivity index (χ2n) is 7.24. The molecule has 2 aliphatic rings. The van der Waals surface area contributed by atoms with Crippen molar-refractivity contribution in [2.45, 2.75) is 31.1 Å². The molecule has 0 atom stereocenters. The van der Waals surface area contributed by atoms with E-state index in [9.17, 15) is 9.59 Å². The summed E-state index contributed by atoms with van der Waals surface area (Å²) in [6.07, 6.45) is 5.70. The van der Waals surface area contributed by atoms with E-state index in [0.717, 1.165) is 38.8 Å². The zero-order chi connectivity index (χ0) is 18.0. The number of amides is 1. The molecule has 1 saturated carbocycles. The highest BCUT2D eigenvalue weighted by Crippen LogP contribution is 2.44. The van der Waals surface area contributed by atoms with E-state index in [4.69, 9.17) is 4.42 Å². The van der Waals surface area contributed by atoms with Gasteiger partial charge in [0.25, 0.3) is 0 Å². The zero-order valence-electron chi connectivity index (χ0n) is 14.9. The van der Waals surface area contributed by atoms with E-state index in [1.54, 1.807) is 23.5 Å². The number of carbonyl (C=O) groups excluding carboxylic acids is 2. The Balaban J connectivity index is 1.38. The Bertz CT molecular complexity index is 740. The number of nitrogens with zero attached hydrogens (tertiary/aromatic N) is 2. The number of carbonyl (C=O) groups is 2. The number of hydrogen-bond acceptors (Lipinski definition) is 5. The molecular weight excluding hydrogens is 348 g/mol. The van der Waals surface area contributed by atoms with E-state index in [-0.39, 0.29) is 17.1 Å². The van der Waals surface area contributed by atoms with E-state index in [2.05, 4.69) is 16.3 Å². The van der Waals surface area contributed by atoms with Crippen LogP contribution in [0.25, 0.3) is 0 Å². The molecule has 0 radical (unpaired) electrons. The monoisotopic (exact) mass is 372 g/mol.